The van der Waals surface area contributed by atoms with Crippen LogP contribution in [0.1, 0.15) is 16.1 Å². The second-order valence-electron chi connectivity index (χ2n) is 8.14. The molecule has 8 heteroatoms. The summed E-state index contributed by atoms with van der Waals surface area (Å²) in [6, 6.07) is 13.8. The second kappa shape index (κ2) is 9.82. The first-order chi connectivity index (χ1) is 15.5. The van der Waals surface area contributed by atoms with E-state index in [-0.39, 0.29) is 5.91 Å². The lowest BCUT2D eigenvalue weighted by Gasteiger charge is -2.36. The van der Waals surface area contributed by atoms with Gasteiger partial charge in [0.2, 0.25) is 0 Å². The van der Waals surface area contributed by atoms with Crippen LogP contribution >= 0.6 is 0 Å². The Balaban J connectivity index is 1.41. The highest BCUT2D eigenvalue weighted by Crippen LogP contribution is 2.29. The summed E-state index contributed by atoms with van der Waals surface area (Å²) in [6.45, 7) is 6.23. The molecule has 1 aromatic carbocycles. The molecule has 2 aromatic heterocycles. The topological polar surface area (TPSA) is 66.7 Å². The zero-order valence-electron chi connectivity index (χ0n) is 18.9. The largest absolute Gasteiger partial charge is 0.490 e. The molecule has 0 bridgehead atoms. The third-order valence-electron chi connectivity index (χ3n) is 5.68. The van der Waals surface area contributed by atoms with Crippen molar-refractivity contribution < 1.29 is 9.53 Å². The van der Waals surface area contributed by atoms with E-state index in [0.717, 1.165) is 36.8 Å². The smallest absolute Gasteiger partial charge is 0.257 e. The van der Waals surface area contributed by atoms with Crippen molar-refractivity contribution in [3.05, 3.63) is 66.1 Å². The number of benzene rings is 1. The van der Waals surface area contributed by atoms with Gasteiger partial charge in [-0.1, -0.05) is 18.2 Å². The van der Waals surface area contributed by atoms with E-state index in [1.165, 1.54) is 0 Å². The maximum absolute atomic E-state index is 13.2. The molecule has 0 saturated carbocycles. The molecule has 1 aliphatic rings. The summed E-state index contributed by atoms with van der Waals surface area (Å²) in [4.78, 5) is 23.8. The monoisotopic (exact) mass is 434 g/mol. The molecule has 8 nitrogen and oxygen atoms in total. The number of para-hydroxylation sites is 2. The fourth-order valence-electron chi connectivity index (χ4n) is 3.83. The fourth-order valence-corrected chi connectivity index (χ4v) is 3.83. The highest BCUT2D eigenvalue weighted by molar-refractivity contribution is 5.95. The van der Waals surface area contributed by atoms with Crippen molar-refractivity contribution in [2.45, 2.75) is 6.92 Å². The molecule has 32 heavy (non-hydrogen) atoms. The minimum Gasteiger partial charge on any atom is -0.490 e. The summed E-state index contributed by atoms with van der Waals surface area (Å²) in [6.07, 6.45) is 3.37. The zero-order valence-corrected chi connectivity index (χ0v) is 18.9. The first-order valence-electron chi connectivity index (χ1n) is 10.9. The van der Waals surface area contributed by atoms with Gasteiger partial charge in [0.05, 0.1) is 23.1 Å². The maximum Gasteiger partial charge on any atom is 0.257 e. The lowest BCUT2D eigenvalue weighted by Crippen LogP contribution is -2.49. The van der Waals surface area contributed by atoms with E-state index in [1.54, 1.807) is 17.1 Å². The number of ether oxygens (including phenoxy) is 1. The normalized spacial score (nSPS) is 14.1. The van der Waals surface area contributed by atoms with Crippen LogP contribution in [0.3, 0.4) is 0 Å². The van der Waals surface area contributed by atoms with Crippen molar-refractivity contribution in [3.63, 3.8) is 0 Å². The van der Waals surface area contributed by atoms with E-state index in [9.17, 15) is 4.79 Å². The SMILES string of the molecule is Cc1c(C(=O)N2CCN(c3ccccc3OCCN(C)C)CC2)cnn1-c1ccccn1. The van der Waals surface area contributed by atoms with Gasteiger partial charge in [-0.05, 0) is 45.3 Å². The average Bonchev–Trinajstić information content (AvgIpc) is 3.20. The van der Waals surface area contributed by atoms with Crippen LogP contribution in [-0.4, -0.2) is 83.9 Å². The molecule has 3 aromatic rings. The number of hydrogen-bond donors (Lipinski definition) is 0. The summed E-state index contributed by atoms with van der Waals surface area (Å²) in [5.41, 5.74) is 2.50. The molecule has 0 aliphatic carbocycles. The molecule has 3 heterocycles. The van der Waals surface area contributed by atoms with Gasteiger partial charge in [0, 0.05) is 38.9 Å². The van der Waals surface area contributed by atoms with Gasteiger partial charge in [-0.25, -0.2) is 9.67 Å². The van der Waals surface area contributed by atoms with Crippen LogP contribution in [0.25, 0.3) is 5.82 Å². The Kier molecular flexibility index (Phi) is 6.70. The molecular formula is C24H30N6O2. The van der Waals surface area contributed by atoms with E-state index >= 15 is 0 Å². The Morgan fingerprint density at radius 1 is 1.06 bits per heavy atom. The number of pyridine rings is 1. The van der Waals surface area contributed by atoms with Crippen molar-refractivity contribution in [2.24, 2.45) is 0 Å². The van der Waals surface area contributed by atoms with Crippen molar-refractivity contribution >= 4 is 11.6 Å². The molecule has 1 amide bonds. The Labute approximate surface area is 189 Å². The van der Waals surface area contributed by atoms with Gasteiger partial charge in [0.25, 0.3) is 5.91 Å². The molecule has 1 fully saturated rings. The summed E-state index contributed by atoms with van der Waals surface area (Å²) in [5.74, 6) is 1.61. The van der Waals surface area contributed by atoms with Crippen molar-refractivity contribution in [1.82, 2.24) is 24.6 Å². The molecule has 0 spiro atoms. The van der Waals surface area contributed by atoms with Crippen LogP contribution in [0.5, 0.6) is 5.75 Å². The molecular weight excluding hydrogens is 404 g/mol. The molecule has 1 aliphatic heterocycles. The van der Waals surface area contributed by atoms with Gasteiger partial charge in [-0.3, -0.25) is 4.79 Å². The van der Waals surface area contributed by atoms with E-state index in [4.69, 9.17) is 4.74 Å². The fraction of sp³-hybridized carbons (Fsp3) is 0.375. The third-order valence-corrected chi connectivity index (χ3v) is 5.68. The number of nitrogens with zero attached hydrogens (tertiary/aromatic N) is 6. The average molecular weight is 435 g/mol. The van der Waals surface area contributed by atoms with Gasteiger partial charge in [-0.2, -0.15) is 5.10 Å². The van der Waals surface area contributed by atoms with Crippen LogP contribution in [0.15, 0.2) is 54.9 Å². The Bertz CT molecular complexity index is 1040. The van der Waals surface area contributed by atoms with Crippen LogP contribution in [0.2, 0.25) is 0 Å². The molecule has 0 radical (unpaired) electrons. The summed E-state index contributed by atoms with van der Waals surface area (Å²) in [5, 5.41) is 4.39. The van der Waals surface area contributed by atoms with E-state index < -0.39 is 0 Å². The predicted octanol–water partition coefficient (Wildman–Crippen LogP) is 2.48. The molecule has 0 N–H and O–H groups in total. The number of rotatable bonds is 7. The quantitative estimate of drug-likeness (QED) is 0.569. The van der Waals surface area contributed by atoms with Crippen LogP contribution in [0, 0.1) is 6.92 Å². The second-order valence-corrected chi connectivity index (χ2v) is 8.14. The zero-order chi connectivity index (χ0) is 22.5. The van der Waals surface area contributed by atoms with E-state index in [2.05, 4.69) is 25.9 Å². The summed E-state index contributed by atoms with van der Waals surface area (Å²) >= 11 is 0. The first-order valence-corrected chi connectivity index (χ1v) is 10.9. The number of hydrogen-bond acceptors (Lipinski definition) is 6. The number of amides is 1. The molecule has 0 atom stereocenters. The highest BCUT2D eigenvalue weighted by atomic mass is 16.5. The Morgan fingerprint density at radius 2 is 1.81 bits per heavy atom. The van der Waals surface area contributed by atoms with Crippen molar-refractivity contribution in [2.75, 3.05) is 58.3 Å². The molecule has 168 valence electrons. The summed E-state index contributed by atoms with van der Waals surface area (Å²) in [7, 11) is 4.07. The van der Waals surface area contributed by atoms with Crippen LogP contribution < -0.4 is 9.64 Å². The minimum absolute atomic E-state index is 0.0137. The molecule has 1 saturated heterocycles. The highest BCUT2D eigenvalue weighted by Gasteiger charge is 2.26. The van der Waals surface area contributed by atoms with Crippen molar-refractivity contribution in [3.8, 4) is 11.6 Å². The number of aromatic nitrogens is 3. The predicted molar refractivity (Wildman–Crippen MR) is 125 cm³/mol. The number of carbonyl (C=O) groups excluding carboxylic acids is 1. The van der Waals surface area contributed by atoms with E-state index in [1.807, 2.05) is 62.3 Å². The Morgan fingerprint density at radius 3 is 2.53 bits per heavy atom. The molecule has 4 rings (SSSR count). The third kappa shape index (κ3) is 4.75. The summed E-state index contributed by atoms with van der Waals surface area (Å²) < 4.78 is 7.74. The maximum atomic E-state index is 13.2. The number of piperazine rings is 1. The van der Waals surface area contributed by atoms with Crippen LogP contribution in [0.4, 0.5) is 5.69 Å². The lowest BCUT2D eigenvalue weighted by atomic mass is 10.2. The van der Waals surface area contributed by atoms with Crippen molar-refractivity contribution in [1.29, 1.82) is 0 Å². The first kappa shape index (κ1) is 21.8. The number of anilines is 1. The molecule has 0 unspecified atom stereocenters. The van der Waals surface area contributed by atoms with Gasteiger partial charge in [-0.15, -0.1) is 0 Å². The standard InChI is InChI=1S/C24H30N6O2/c1-19-20(18-26-30(19)23-10-6-7-11-25-23)24(31)29-14-12-28(13-15-29)21-8-4-5-9-22(21)32-17-16-27(2)3/h4-11,18H,12-17H2,1-3H3. The van der Waals surface area contributed by atoms with Gasteiger partial charge in [0.1, 0.15) is 12.4 Å². The number of carbonyl (C=O) groups is 1. The number of likely N-dealkylation sites (N-methyl/N-ethyl adjacent to an activating group) is 1. The van der Waals surface area contributed by atoms with Gasteiger partial charge in [0.15, 0.2) is 5.82 Å². The van der Waals surface area contributed by atoms with E-state index in [0.29, 0.717) is 31.1 Å². The lowest BCUT2D eigenvalue weighted by molar-refractivity contribution is 0.0746. The Hall–Kier alpha value is -3.39. The van der Waals surface area contributed by atoms with Crippen LogP contribution in [-0.2, 0) is 0 Å². The van der Waals surface area contributed by atoms with Gasteiger partial charge >= 0.3 is 0 Å². The van der Waals surface area contributed by atoms with Gasteiger partial charge < -0.3 is 19.4 Å². The minimum atomic E-state index is 0.0137.